The molecule has 0 radical (unpaired) electrons. The minimum Gasteiger partial charge on any atom is -0.379 e. The molecule has 4 heterocycles. The van der Waals surface area contributed by atoms with Crippen molar-refractivity contribution in [2.24, 2.45) is 5.92 Å². The van der Waals surface area contributed by atoms with Crippen molar-refractivity contribution in [1.82, 2.24) is 28.7 Å². The first-order chi connectivity index (χ1) is 13.9. The highest BCUT2D eigenvalue weighted by Crippen LogP contribution is 2.45. The van der Waals surface area contributed by atoms with Crippen LogP contribution in [0.3, 0.4) is 0 Å². The Labute approximate surface area is 170 Å². The van der Waals surface area contributed by atoms with Gasteiger partial charge in [-0.05, 0) is 13.3 Å². The summed E-state index contributed by atoms with van der Waals surface area (Å²) in [7, 11) is -2.12. The lowest BCUT2D eigenvalue weighted by atomic mass is 9.72. The zero-order valence-electron chi connectivity index (χ0n) is 16.8. The predicted molar refractivity (Wildman–Crippen MR) is 102 cm³/mol. The maximum atomic E-state index is 13.3. The Balaban J connectivity index is 1.62. The van der Waals surface area contributed by atoms with Crippen molar-refractivity contribution >= 4 is 16.1 Å². The van der Waals surface area contributed by atoms with Gasteiger partial charge in [-0.15, -0.1) is 0 Å². The Bertz CT molecular complexity index is 854. The molecule has 12 heteroatoms. The third-order valence-electron chi connectivity index (χ3n) is 6.22. The Morgan fingerprint density at radius 3 is 2.69 bits per heavy atom. The molecular formula is C17H28N6O5S. The van der Waals surface area contributed by atoms with Gasteiger partial charge in [0.2, 0.25) is 5.91 Å². The number of aromatic nitrogens is 3. The molecule has 0 spiro atoms. The van der Waals surface area contributed by atoms with Crippen LogP contribution in [0.5, 0.6) is 0 Å². The molecule has 3 saturated heterocycles. The average molecular weight is 429 g/mol. The molecule has 0 bridgehead atoms. The van der Waals surface area contributed by atoms with Crippen LogP contribution in [0.15, 0.2) is 0 Å². The number of carbonyl (C=O) groups is 1. The number of hydrogen-bond acceptors (Lipinski definition) is 7. The van der Waals surface area contributed by atoms with Gasteiger partial charge < -0.3 is 14.4 Å². The molecule has 4 rings (SSSR count). The maximum Gasteiger partial charge on any atom is 0.282 e. The highest BCUT2D eigenvalue weighted by atomic mass is 32.2. The molecule has 2 atom stereocenters. The van der Waals surface area contributed by atoms with Gasteiger partial charge in [-0.2, -0.15) is 22.1 Å². The van der Waals surface area contributed by atoms with Crippen LogP contribution >= 0.6 is 0 Å². The fourth-order valence-corrected chi connectivity index (χ4v) is 6.32. The van der Waals surface area contributed by atoms with Gasteiger partial charge in [0.1, 0.15) is 12.4 Å². The number of likely N-dealkylation sites (tertiary alicyclic amines) is 1. The standard InChI is InChI=1S/C17H28N6O5S/c1-13-18-16(20-19-13)17-3-4-21(15(24)11-27-2)9-14(17)10-23(12-17)29(25,26)22-5-7-28-8-6-22/h14H,3-12H2,1-2H3,(H,18,19,20)/t14-,17-/m1/s1. The van der Waals surface area contributed by atoms with E-state index in [1.165, 1.54) is 11.4 Å². The van der Waals surface area contributed by atoms with Gasteiger partial charge in [-0.3, -0.25) is 9.89 Å². The van der Waals surface area contributed by atoms with Gasteiger partial charge >= 0.3 is 0 Å². The van der Waals surface area contributed by atoms with E-state index >= 15 is 0 Å². The van der Waals surface area contributed by atoms with E-state index in [1.54, 1.807) is 9.21 Å². The molecule has 1 aromatic rings. The zero-order valence-corrected chi connectivity index (χ0v) is 17.7. The lowest BCUT2D eigenvalue weighted by molar-refractivity contribution is -0.137. The number of piperidine rings is 1. The topological polar surface area (TPSA) is 121 Å². The summed E-state index contributed by atoms with van der Waals surface area (Å²) >= 11 is 0. The van der Waals surface area contributed by atoms with E-state index < -0.39 is 15.6 Å². The Kier molecular flexibility index (Phi) is 5.64. The van der Waals surface area contributed by atoms with Gasteiger partial charge in [0, 0.05) is 52.3 Å². The number of amides is 1. The van der Waals surface area contributed by atoms with Crippen molar-refractivity contribution in [3.05, 3.63) is 11.6 Å². The average Bonchev–Trinajstić information content (AvgIpc) is 3.33. The van der Waals surface area contributed by atoms with E-state index in [-0.39, 0.29) is 18.4 Å². The summed E-state index contributed by atoms with van der Waals surface area (Å²) < 4.78 is 39.9. The molecule has 3 aliphatic heterocycles. The van der Waals surface area contributed by atoms with E-state index in [2.05, 4.69) is 15.2 Å². The number of nitrogens with zero attached hydrogens (tertiary/aromatic N) is 5. The summed E-state index contributed by atoms with van der Waals surface area (Å²) in [6.45, 7) is 5.02. The molecule has 0 aliphatic carbocycles. The van der Waals surface area contributed by atoms with E-state index in [9.17, 15) is 13.2 Å². The van der Waals surface area contributed by atoms with E-state index in [4.69, 9.17) is 9.47 Å². The van der Waals surface area contributed by atoms with Gasteiger partial charge in [0.25, 0.3) is 10.2 Å². The fraction of sp³-hybridized carbons (Fsp3) is 0.824. The normalized spacial score (nSPS) is 29.2. The van der Waals surface area contributed by atoms with E-state index in [0.29, 0.717) is 70.6 Å². The molecule has 29 heavy (non-hydrogen) atoms. The fourth-order valence-electron chi connectivity index (χ4n) is 4.62. The maximum absolute atomic E-state index is 13.3. The predicted octanol–water partition coefficient (Wildman–Crippen LogP) is -1.26. The number of nitrogens with one attached hydrogen (secondary N) is 1. The Morgan fingerprint density at radius 1 is 1.28 bits per heavy atom. The minimum atomic E-state index is -3.61. The summed E-state index contributed by atoms with van der Waals surface area (Å²) in [5, 5.41) is 7.28. The highest BCUT2D eigenvalue weighted by Gasteiger charge is 2.56. The monoisotopic (exact) mass is 428 g/mol. The summed E-state index contributed by atoms with van der Waals surface area (Å²) in [6.07, 6.45) is 0.611. The third-order valence-corrected chi connectivity index (χ3v) is 8.17. The molecule has 1 amide bonds. The first kappa shape index (κ1) is 20.7. The van der Waals surface area contributed by atoms with Crippen LogP contribution in [0.4, 0.5) is 0 Å². The number of ether oxygens (including phenoxy) is 2. The number of carbonyl (C=O) groups excluding carboxylic acids is 1. The molecule has 162 valence electrons. The molecule has 3 aliphatic rings. The van der Waals surface area contributed by atoms with Crippen molar-refractivity contribution in [2.45, 2.75) is 18.8 Å². The lowest BCUT2D eigenvalue weighted by Gasteiger charge is -2.41. The van der Waals surface area contributed by atoms with Crippen LogP contribution in [0.1, 0.15) is 18.1 Å². The lowest BCUT2D eigenvalue weighted by Crippen LogP contribution is -2.52. The molecule has 1 N–H and O–H groups in total. The number of aryl methyl sites for hydroxylation is 1. The summed E-state index contributed by atoms with van der Waals surface area (Å²) in [5.41, 5.74) is -0.506. The molecule has 3 fully saturated rings. The zero-order chi connectivity index (χ0) is 20.6. The van der Waals surface area contributed by atoms with Crippen LogP contribution in [0.25, 0.3) is 0 Å². The van der Waals surface area contributed by atoms with Crippen molar-refractivity contribution in [3.8, 4) is 0 Å². The first-order valence-corrected chi connectivity index (χ1v) is 11.3. The molecule has 0 saturated carbocycles. The van der Waals surface area contributed by atoms with Crippen LogP contribution in [-0.4, -0.2) is 109 Å². The van der Waals surface area contributed by atoms with Gasteiger partial charge in [-0.25, -0.2) is 4.98 Å². The molecule has 1 aromatic heterocycles. The summed E-state index contributed by atoms with van der Waals surface area (Å²) in [5.74, 6) is 1.17. The summed E-state index contributed by atoms with van der Waals surface area (Å²) in [6, 6.07) is 0. The largest absolute Gasteiger partial charge is 0.379 e. The third kappa shape index (κ3) is 3.67. The molecule has 11 nitrogen and oxygen atoms in total. The number of H-pyrrole nitrogens is 1. The summed E-state index contributed by atoms with van der Waals surface area (Å²) in [4.78, 5) is 18.7. The quantitative estimate of drug-likeness (QED) is 0.621. The van der Waals surface area contributed by atoms with E-state index in [0.717, 1.165) is 0 Å². The number of methoxy groups -OCH3 is 1. The van der Waals surface area contributed by atoms with Crippen molar-refractivity contribution in [1.29, 1.82) is 0 Å². The second-order valence-corrected chi connectivity index (χ2v) is 9.86. The first-order valence-electron chi connectivity index (χ1n) is 9.86. The molecule has 0 unspecified atom stereocenters. The Hall–Kier alpha value is -1.60. The Morgan fingerprint density at radius 2 is 2.03 bits per heavy atom. The number of rotatable bonds is 5. The second kappa shape index (κ2) is 7.91. The second-order valence-electron chi connectivity index (χ2n) is 7.93. The SMILES string of the molecule is COCC(=O)N1CC[C@@]2(c3n[nH]c(C)n3)CN(S(=O)(=O)N3CCOCC3)C[C@H]2C1. The van der Waals surface area contributed by atoms with Gasteiger partial charge in [-0.1, -0.05) is 0 Å². The van der Waals surface area contributed by atoms with Crippen molar-refractivity contribution < 1.29 is 22.7 Å². The number of aromatic amines is 1. The van der Waals surface area contributed by atoms with Gasteiger partial charge in [0.05, 0.1) is 18.6 Å². The van der Waals surface area contributed by atoms with Crippen LogP contribution in [-0.2, 0) is 29.9 Å². The van der Waals surface area contributed by atoms with Crippen LogP contribution in [0.2, 0.25) is 0 Å². The number of morpholine rings is 1. The molecule has 0 aromatic carbocycles. The number of hydrogen-bond donors (Lipinski definition) is 1. The van der Waals surface area contributed by atoms with Crippen LogP contribution in [0, 0.1) is 12.8 Å². The van der Waals surface area contributed by atoms with Crippen molar-refractivity contribution in [3.63, 3.8) is 0 Å². The number of fused-ring (bicyclic) bond motifs is 1. The van der Waals surface area contributed by atoms with Gasteiger partial charge in [0.15, 0.2) is 5.82 Å². The highest BCUT2D eigenvalue weighted by molar-refractivity contribution is 7.86. The minimum absolute atomic E-state index is 0.0231. The van der Waals surface area contributed by atoms with Crippen LogP contribution < -0.4 is 0 Å². The van der Waals surface area contributed by atoms with E-state index in [1.807, 2.05) is 6.92 Å². The molecular weight excluding hydrogens is 400 g/mol. The smallest absolute Gasteiger partial charge is 0.282 e. The van der Waals surface area contributed by atoms with Crippen molar-refractivity contribution in [2.75, 3.05) is 66.2 Å².